The Morgan fingerprint density at radius 1 is 0.913 bits per heavy atom. The number of hydrogen-bond acceptors (Lipinski definition) is 8. The molecule has 0 spiro atoms. The Labute approximate surface area is 126 Å². The van der Waals surface area contributed by atoms with Gasteiger partial charge >= 0.3 is 11.4 Å². The molecule has 12 nitrogen and oxygen atoms in total. The summed E-state index contributed by atoms with van der Waals surface area (Å²) in [5.41, 5.74) is -3.15. The number of aromatic nitrogens is 1. The van der Waals surface area contributed by atoms with Crippen molar-refractivity contribution in [2.24, 2.45) is 4.99 Å². The highest BCUT2D eigenvalue weighted by atomic mass is 16.6. The Kier molecular flexibility index (Phi) is 3.98. The second-order valence-electron chi connectivity index (χ2n) is 4.15. The molecule has 12 heteroatoms. The van der Waals surface area contributed by atoms with E-state index in [1.807, 2.05) is 0 Å². The highest BCUT2D eigenvalue weighted by Gasteiger charge is 2.30. The molecule has 0 radical (unpaired) electrons. The van der Waals surface area contributed by atoms with Crippen LogP contribution in [0.15, 0.2) is 41.7 Å². The smallest absolute Gasteiger partial charge is 0.308 e. The second kappa shape index (κ2) is 5.88. The Morgan fingerprint density at radius 2 is 1.39 bits per heavy atom. The van der Waals surface area contributed by atoms with E-state index in [0.717, 1.165) is 12.4 Å². The van der Waals surface area contributed by atoms with Gasteiger partial charge in [0.25, 0.3) is 5.69 Å². The summed E-state index contributed by atoms with van der Waals surface area (Å²) >= 11 is 0. The van der Waals surface area contributed by atoms with Crippen LogP contribution in [0.2, 0.25) is 0 Å². The minimum atomic E-state index is -0.992. The summed E-state index contributed by atoms with van der Waals surface area (Å²) in [4.78, 5) is 33.7. The molecule has 23 heavy (non-hydrogen) atoms. The molecule has 0 unspecified atom stereocenters. The van der Waals surface area contributed by atoms with Gasteiger partial charge in [-0.05, 0) is 12.1 Å². The lowest BCUT2D eigenvalue weighted by atomic mass is 10.2. The van der Waals surface area contributed by atoms with E-state index in [1.54, 1.807) is 0 Å². The first-order valence-corrected chi connectivity index (χ1v) is 5.83. The van der Waals surface area contributed by atoms with Crippen LogP contribution in [0.1, 0.15) is 0 Å². The summed E-state index contributed by atoms with van der Waals surface area (Å²) in [6, 6.07) is 3.69. The molecule has 118 valence electrons. The van der Waals surface area contributed by atoms with E-state index in [4.69, 9.17) is 5.21 Å². The van der Waals surface area contributed by atoms with Crippen LogP contribution in [-0.2, 0) is 0 Å². The summed E-state index contributed by atoms with van der Waals surface area (Å²) in [5.74, 6) is 0. The van der Waals surface area contributed by atoms with Crippen LogP contribution in [0.4, 0.5) is 22.7 Å². The van der Waals surface area contributed by atoms with Crippen molar-refractivity contribution in [3.63, 3.8) is 0 Å². The summed E-state index contributed by atoms with van der Waals surface area (Å²) < 4.78 is 0.678. The summed E-state index contributed by atoms with van der Waals surface area (Å²) in [5, 5.41) is 42.1. The molecule has 1 heterocycles. The number of nitro groups is 3. The van der Waals surface area contributed by atoms with Crippen LogP contribution in [0, 0.1) is 30.3 Å². The van der Waals surface area contributed by atoms with Crippen LogP contribution in [0.25, 0.3) is 0 Å². The Hall–Kier alpha value is -3.83. The molecule has 0 saturated carbocycles. The van der Waals surface area contributed by atoms with Gasteiger partial charge in [-0.2, -0.15) is 0 Å². The van der Waals surface area contributed by atoms with Gasteiger partial charge in [0.1, 0.15) is 0 Å². The molecule has 0 atom stereocenters. The van der Waals surface area contributed by atoms with Gasteiger partial charge < -0.3 is 5.21 Å². The normalized spacial score (nSPS) is 10.1. The molecule has 2 rings (SSSR count). The predicted octanol–water partition coefficient (Wildman–Crippen LogP) is 1.68. The highest BCUT2D eigenvalue weighted by molar-refractivity contribution is 5.74. The quantitative estimate of drug-likeness (QED) is 0.507. The van der Waals surface area contributed by atoms with Crippen molar-refractivity contribution in [2.75, 3.05) is 0 Å². The predicted molar refractivity (Wildman–Crippen MR) is 73.2 cm³/mol. The lowest BCUT2D eigenvalue weighted by molar-refractivity contribution is -0.402. The van der Waals surface area contributed by atoms with Crippen LogP contribution in [0.3, 0.4) is 0 Å². The fraction of sp³-hybridized carbons (Fsp3) is 0. The minimum absolute atomic E-state index is 0.0790. The van der Waals surface area contributed by atoms with Gasteiger partial charge in [0.2, 0.25) is 5.69 Å². The van der Waals surface area contributed by atoms with E-state index in [0.29, 0.717) is 16.9 Å². The summed E-state index contributed by atoms with van der Waals surface area (Å²) in [6.45, 7) is 0. The third-order valence-electron chi connectivity index (χ3n) is 2.70. The van der Waals surface area contributed by atoms with Crippen LogP contribution in [-0.4, -0.2) is 24.7 Å². The number of pyridine rings is 1. The molecule has 0 aliphatic rings. The number of rotatable bonds is 4. The average molecular weight is 321 g/mol. The first kappa shape index (κ1) is 15.6. The van der Waals surface area contributed by atoms with Gasteiger partial charge in [0.15, 0.2) is 0 Å². The van der Waals surface area contributed by atoms with E-state index in [1.165, 1.54) is 12.1 Å². The standard InChI is InChI=1S/C11H7N5O7/c17-13-3-1-7(2-4-13)12-11-9(15(20)21)5-8(14(18)19)6-10(11)16(22)23/h1-6,17H. The second-order valence-corrected chi connectivity index (χ2v) is 4.15. The maximum atomic E-state index is 11.1. The summed E-state index contributed by atoms with van der Waals surface area (Å²) in [6.07, 6.45) is 2.31. The molecule has 1 aromatic carbocycles. The van der Waals surface area contributed by atoms with Crippen LogP contribution < -0.4 is 5.36 Å². The zero-order valence-corrected chi connectivity index (χ0v) is 11.1. The fourth-order valence-corrected chi connectivity index (χ4v) is 1.70. The van der Waals surface area contributed by atoms with E-state index < -0.39 is 37.5 Å². The maximum absolute atomic E-state index is 11.1. The third-order valence-corrected chi connectivity index (χ3v) is 2.70. The van der Waals surface area contributed by atoms with Crippen LogP contribution in [0.5, 0.6) is 0 Å². The minimum Gasteiger partial charge on any atom is -0.429 e. The summed E-state index contributed by atoms with van der Waals surface area (Å²) in [7, 11) is 0. The third kappa shape index (κ3) is 3.26. The maximum Gasteiger partial charge on any atom is 0.308 e. The van der Waals surface area contributed by atoms with Crippen molar-refractivity contribution in [3.8, 4) is 0 Å². The lowest BCUT2D eigenvalue weighted by Gasteiger charge is -2.00. The fourth-order valence-electron chi connectivity index (χ4n) is 1.70. The van der Waals surface area contributed by atoms with E-state index in [-0.39, 0.29) is 5.36 Å². The number of benzene rings is 1. The van der Waals surface area contributed by atoms with Crippen LogP contribution >= 0.6 is 0 Å². The SMILES string of the molecule is O=[N+]([O-])c1cc([N+](=O)[O-])c(N=c2ccn(O)cc2)c([N+](=O)[O-])c1. The van der Waals surface area contributed by atoms with Crippen molar-refractivity contribution >= 4 is 22.7 Å². The molecule has 2 aromatic rings. The zero-order chi connectivity index (χ0) is 17.1. The van der Waals surface area contributed by atoms with E-state index in [9.17, 15) is 30.3 Å². The van der Waals surface area contributed by atoms with Gasteiger partial charge in [-0.1, -0.05) is 0 Å². The number of non-ortho nitro benzene ring substituents is 1. The van der Waals surface area contributed by atoms with Gasteiger partial charge in [-0.3, -0.25) is 30.3 Å². The van der Waals surface area contributed by atoms with Gasteiger partial charge in [-0.25, -0.2) is 9.72 Å². The molecule has 0 bridgehead atoms. The van der Waals surface area contributed by atoms with E-state index in [2.05, 4.69) is 4.99 Å². The molecule has 0 saturated heterocycles. The molecule has 1 N–H and O–H groups in total. The monoisotopic (exact) mass is 321 g/mol. The van der Waals surface area contributed by atoms with E-state index >= 15 is 0 Å². The number of hydrogen-bond donors (Lipinski definition) is 1. The molecule has 0 aliphatic carbocycles. The Balaban J connectivity index is 2.81. The Morgan fingerprint density at radius 3 is 1.78 bits per heavy atom. The van der Waals surface area contributed by atoms with Crippen molar-refractivity contribution < 1.29 is 20.0 Å². The van der Waals surface area contributed by atoms with Gasteiger partial charge in [-0.15, -0.1) is 0 Å². The molecule has 0 aliphatic heterocycles. The van der Waals surface area contributed by atoms with Crippen molar-refractivity contribution in [1.29, 1.82) is 0 Å². The number of nitro benzene ring substituents is 3. The zero-order valence-electron chi connectivity index (χ0n) is 11.1. The molecular formula is C11H7N5O7. The molecule has 1 aromatic heterocycles. The first-order valence-electron chi connectivity index (χ1n) is 5.83. The van der Waals surface area contributed by atoms with Crippen molar-refractivity contribution in [1.82, 2.24) is 4.73 Å². The largest absolute Gasteiger partial charge is 0.429 e. The first-order chi connectivity index (χ1) is 10.8. The van der Waals surface area contributed by atoms with Gasteiger partial charge in [0, 0.05) is 12.4 Å². The highest BCUT2D eigenvalue weighted by Crippen LogP contribution is 2.40. The average Bonchev–Trinajstić information content (AvgIpc) is 2.48. The molecular weight excluding hydrogens is 314 g/mol. The molecule has 0 fully saturated rings. The van der Waals surface area contributed by atoms with Crippen molar-refractivity contribution in [2.45, 2.75) is 0 Å². The van der Waals surface area contributed by atoms with Gasteiger partial charge in [0.05, 0.1) is 32.3 Å². The molecule has 0 amide bonds. The Bertz CT molecular complexity index is 833. The lowest BCUT2D eigenvalue weighted by Crippen LogP contribution is -2.04. The topological polar surface area (TPSA) is 167 Å². The number of nitrogens with zero attached hydrogens (tertiary/aromatic N) is 5. The van der Waals surface area contributed by atoms with Crippen molar-refractivity contribution in [3.05, 3.63) is 72.4 Å².